The van der Waals surface area contributed by atoms with Crippen LogP contribution in [-0.4, -0.2) is 61.5 Å². The van der Waals surface area contributed by atoms with Gasteiger partial charge in [0.25, 0.3) is 0 Å². The molecule has 110 valence electrons. The molecule has 4 heteroatoms. The molecule has 0 spiro atoms. The Morgan fingerprint density at radius 3 is 2.47 bits per heavy atom. The van der Waals surface area contributed by atoms with Gasteiger partial charge in [0.15, 0.2) is 0 Å². The van der Waals surface area contributed by atoms with Crippen LogP contribution < -0.4 is 5.32 Å². The first-order valence-electron chi connectivity index (χ1n) is 7.94. The second-order valence-electron chi connectivity index (χ2n) is 6.04. The van der Waals surface area contributed by atoms with Crippen molar-refractivity contribution in [2.75, 3.05) is 45.8 Å². The number of hydrogen-bond donors (Lipinski definition) is 1. The first-order valence-corrected chi connectivity index (χ1v) is 7.94. The van der Waals surface area contributed by atoms with E-state index >= 15 is 0 Å². The summed E-state index contributed by atoms with van der Waals surface area (Å²) in [7, 11) is 0. The molecular formula is C15H29N3O. The number of nitrogens with zero attached hydrogens (tertiary/aromatic N) is 2. The number of nitrogens with one attached hydrogen (secondary N) is 1. The highest BCUT2D eigenvalue weighted by molar-refractivity contribution is 5.83. The summed E-state index contributed by atoms with van der Waals surface area (Å²) in [4.78, 5) is 17.5. The van der Waals surface area contributed by atoms with E-state index in [9.17, 15) is 4.79 Å². The van der Waals surface area contributed by atoms with Crippen molar-refractivity contribution in [1.29, 1.82) is 0 Å². The fourth-order valence-corrected chi connectivity index (χ4v) is 3.55. The molecular weight excluding hydrogens is 238 g/mol. The van der Waals surface area contributed by atoms with Crippen LogP contribution in [0, 0.1) is 5.41 Å². The largest absolute Gasteiger partial charge is 0.340 e. The van der Waals surface area contributed by atoms with Gasteiger partial charge in [0.05, 0.1) is 5.41 Å². The number of amides is 1. The zero-order chi connectivity index (χ0) is 13.7. The van der Waals surface area contributed by atoms with Crippen LogP contribution >= 0.6 is 0 Å². The van der Waals surface area contributed by atoms with Gasteiger partial charge in [-0.3, -0.25) is 4.79 Å². The van der Waals surface area contributed by atoms with Crippen molar-refractivity contribution in [3.63, 3.8) is 0 Å². The maximum atomic E-state index is 12.9. The maximum Gasteiger partial charge on any atom is 0.230 e. The minimum Gasteiger partial charge on any atom is -0.340 e. The topological polar surface area (TPSA) is 35.6 Å². The van der Waals surface area contributed by atoms with Crippen LogP contribution in [0.15, 0.2) is 0 Å². The summed E-state index contributed by atoms with van der Waals surface area (Å²) in [5, 5.41) is 3.44. The normalized spacial score (nSPS) is 29.5. The Hall–Kier alpha value is -0.610. The first-order chi connectivity index (χ1) is 9.22. The third kappa shape index (κ3) is 3.29. The van der Waals surface area contributed by atoms with Crippen LogP contribution in [-0.2, 0) is 4.79 Å². The zero-order valence-electron chi connectivity index (χ0n) is 12.6. The summed E-state index contributed by atoms with van der Waals surface area (Å²) in [6, 6.07) is 0. The Bertz CT molecular complexity index is 286. The second-order valence-corrected chi connectivity index (χ2v) is 6.04. The summed E-state index contributed by atoms with van der Waals surface area (Å²) >= 11 is 0. The van der Waals surface area contributed by atoms with Crippen LogP contribution in [0.3, 0.4) is 0 Å². The van der Waals surface area contributed by atoms with Gasteiger partial charge in [0.1, 0.15) is 0 Å². The SMILES string of the molecule is CCCC1(C(=O)N2CCN(CC)CC2)CCCNC1. The molecule has 0 saturated carbocycles. The highest BCUT2D eigenvalue weighted by Crippen LogP contribution is 2.34. The van der Waals surface area contributed by atoms with Crippen molar-refractivity contribution in [2.24, 2.45) is 5.41 Å². The lowest BCUT2D eigenvalue weighted by Crippen LogP contribution is -2.56. The summed E-state index contributed by atoms with van der Waals surface area (Å²) in [6.45, 7) is 11.4. The number of likely N-dealkylation sites (N-methyl/N-ethyl adjacent to an activating group) is 1. The van der Waals surface area contributed by atoms with Crippen LogP contribution in [0.2, 0.25) is 0 Å². The van der Waals surface area contributed by atoms with E-state index < -0.39 is 0 Å². The van der Waals surface area contributed by atoms with E-state index in [0.29, 0.717) is 5.91 Å². The highest BCUT2D eigenvalue weighted by Gasteiger charge is 2.41. The first kappa shape index (κ1) is 14.8. The van der Waals surface area contributed by atoms with E-state index in [2.05, 4.69) is 29.0 Å². The van der Waals surface area contributed by atoms with Crippen molar-refractivity contribution < 1.29 is 4.79 Å². The standard InChI is InChI=1S/C15H29N3O/c1-3-6-15(7-5-8-16-13-15)14(19)18-11-9-17(4-2)10-12-18/h16H,3-13H2,1-2H3. The van der Waals surface area contributed by atoms with Gasteiger partial charge in [-0.1, -0.05) is 20.3 Å². The number of rotatable bonds is 4. The molecule has 2 aliphatic rings. The predicted molar refractivity (Wildman–Crippen MR) is 78.1 cm³/mol. The number of hydrogen-bond acceptors (Lipinski definition) is 3. The van der Waals surface area contributed by atoms with Crippen molar-refractivity contribution in [3.05, 3.63) is 0 Å². The fraction of sp³-hybridized carbons (Fsp3) is 0.933. The predicted octanol–water partition coefficient (Wildman–Crippen LogP) is 1.32. The van der Waals surface area contributed by atoms with E-state index in [0.717, 1.165) is 71.5 Å². The van der Waals surface area contributed by atoms with Crippen LogP contribution in [0.5, 0.6) is 0 Å². The van der Waals surface area contributed by atoms with Crippen LogP contribution in [0.1, 0.15) is 39.5 Å². The molecule has 2 heterocycles. The van der Waals surface area contributed by atoms with Gasteiger partial charge in [0, 0.05) is 32.7 Å². The van der Waals surface area contributed by atoms with Gasteiger partial charge in [-0.2, -0.15) is 0 Å². The second kappa shape index (κ2) is 6.71. The zero-order valence-corrected chi connectivity index (χ0v) is 12.6. The van der Waals surface area contributed by atoms with Gasteiger partial charge >= 0.3 is 0 Å². The molecule has 0 aromatic rings. The highest BCUT2D eigenvalue weighted by atomic mass is 16.2. The summed E-state index contributed by atoms with van der Waals surface area (Å²) in [5.74, 6) is 0.414. The van der Waals surface area contributed by atoms with E-state index in [1.165, 1.54) is 0 Å². The summed E-state index contributed by atoms with van der Waals surface area (Å²) in [5.41, 5.74) is -0.110. The number of piperidine rings is 1. The molecule has 1 N–H and O–H groups in total. The van der Waals surface area contributed by atoms with Gasteiger partial charge in [-0.15, -0.1) is 0 Å². The minimum absolute atomic E-state index is 0.110. The van der Waals surface area contributed by atoms with Gasteiger partial charge in [-0.25, -0.2) is 0 Å². The number of piperazine rings is 1. The summed E-state index contributed by atoms with van der Waals surface area (Å²) in [6.07, 6.45) is 4.34. The Balaban J connectivity index is 1.99. The maximum absolute atomic E-state index is 12.9. The molecule has 2 fully saturated rings. The monoisotopic (exact) mass is 267 g/mol. The Morgan fingerprint density at radius 2 is 1.95 bits per heavy atom. The molecule has 2 saturated heterocycles. The molecule has 0 aliphatic carbocycles. The molecule has 1 unspecified atom stereocenters. The van der Waals surface area contributed by atoms with E-state index in [1.54, 1.807) is 0 Å². The molecule has 0 aromatic heterocycles. The quantitative estimate of drug-likeness (QED) is 0.834. The van der Waals surface area contributed by atoms with Crippen molar-refractivity contribution in [3.8, 4) is 0 Å². The summed E-state index contributed by atoms with van der Waals surface area (Å²) < 4.78 is 0. The lowest BCUT2D eigenvalue weighted by atomic mass is 9.75. The molecule has 19 heavy (non-hydrogen) atoms. The smallest absolute Gasteiger partial charge is 0.230 e. The van der Waals surface area contributed by atoms with Gasteiger partial charge in [-0.05, 0) is 32.4 Å². The van der Waals surface area contributed by atoms with E-state index in [4.69, 9.17) is 0 Å². The van der Waals surface area contributed by atoms with Crippen molar-refractivity contribution in [1.82, 2.24) is 15.1 Å². The van der Waals surface area contributed by atoms with Crippen molar-refractivity contribution in [2.45, 2.75) is 39.5 Å². The fourth-order valence-electron chi connectivity index (χ4n) is 3.55. The van der Waals surface area contributed by atoms with E-state index in [1.807, 2.05) is 0 Å². The molecule has 1 atom stereocenters. The molecule has 0 aromatic carbocycles. The minimum atomic E-state index is -0.110. The molecule has 2 rings (SSSR count). The molecule has 2 aliphatic heterocycles. The Morgan fingerprint density at radius 1 is 1.21 bits per heavy atom. The lowest BCUT2D eigenvalue weighted by molar-refractivity contribution is -0.145. The van der Waals surface area contributed by atoms with E-state index in [-0.39, 0.29) is 5.41 Å². The third-order valence-corrected chi connectivity index (χ3v) is 4.76. The van der Waals surface area contributed by atoms with Gasteiger partial charge < -0.3 is 15.1 Å². The van der Waals surface area contributed by atoms with Crippen LogP contribution in [0.25, 0.3) is 0 Å². The average Bonchev–Trinajstić information content (AvgIpc) is 2.48. The van der Waals surface area contributed by atoms with Crippen LogP contribution in [0.4, 0.5) is 0 Å². The Labute approximate surface area is 117 Å². The molecule has 1 amide bonds. The Kier molecular flexibility index (Phi) is 5.22. The third-order valence-electron chi connectivity index (χ3n) is 4.76. The molecule has 4 nitrogen and oxygen atoms in total. The lowest BCUT2D eigenvalue weighted by Gasteiger charge is -2.43. The average molecular weight is 267 g/mol. The molecule has 0 radical (unpaired) electrons. The molecule has 0 bridgehead atoms. The number of carbonyl (C=O) groups is 1. The number of carbonyl (C=O) groups excluding carboxylic acids is 1. The van der Waals surface area contributed by atoms with Gasteiger partial charge in [0.2, 0.25) is 5.91 Å². The van der Waals surface area contributed by atoms with Crippen molar-refractivity contribution >= 4 is 5.91 Å².